The van der Waals surface area contributed by atoms with Gasteiger partial charge in [-0.25, -0.2) is 0 Å². The van der Waals surface area contributed by atoms with Crippen LogP contribution in [0.4, 0.5) is 0 Å². The Kier molecular flexibility index (Phi) is 5.04. The monoisotopic (exact) mass is 299 g/mol. The zero-order valence-electron chi connectivity index (χ0n) is 13.3. The van der Waals surface area contributed by atoms with Crippen LogP contribution in [0.25, 0.3) is 0 Å². The van der Waals surface area contributed by atoms with Crippen LogP contribution in [-0.2, 0) is 0 Å². The molecule has 4 nitrogen and oxygen atoms in total. The van der Waals surface area contributed by atoms with E-state index in [0.29, 0.717) is 5.56 Å². The van der Waals surface area contributed by atoms with Crippen molar-refractivity contribution in [3.8, 4) is 11.5 Å². The fourth-order valence-electron chi connectivity index (χ4n) is 2.32. The molecule has 0 radical (unpaired) electrons. The number of carbonyl (C=O) groups excluding carboxylic acids is 1. The summed E-state index contributed by atoms with van der Waals surface area (Å²) in [6, 6.07) is 12.9. The lowest BCUT2D eigenvalue weighted by Gasteiger charge is -2.18. The first kappa shape index (κ1) is 15.9. The molecule has 0 aliphatic rings. The molecule has 0 fully saturated rings. The molecule has 0 aromatic heterocycles. The Morgan fingerprint density at radius 3 is 2.50 bits per heavy atom. The van der Waals surface area contributed by atoms with Gasteiger partial charge in [-0.2, -0.15) is 0 Å². The van der Waals surface area contributed by atoms with Gasteiger partial charge in [0.1, 0.15) is 11.5 Å². The lowest BCUT2D eigenvalue weighted by atomic mass is 10.1. The van der Waals surface area contributed by atoms with E-state index < -0.39 is 0 Å². The number of amides is 1. The van der Waals surface area contributed by atoms with Gasteiger partial charge >= 0.3 is 0 Å². The van der Waals surface area contributed by atoms with Gasteiger partial charge in [0.2, 0.25) is 0 Å². The summed E-state index contributed by atoms with van der Waals surface area (Å²) in [6.45, 7) is 3.89. The van der Waals surface area contributed by atoms with Gasteiger partial charge in [-0.1, -0.05) is 17.7 Å². The molecule has 2 rings (SSSR count). The van der Waals surface area contributed by atoms with E-state index in [0.717, 1.165) is 22.6 Å². The maximum Gasteiger partial charge on any atom is 0.251 e. The molecular weight excluding hydrogens is 278 g/mol. The molecule has 2 aromatic rings. The predicted octanol–water partition coefficient (Wildman–Crippen LogP) is 3.50. The van der Waals surface area contributed by atoms with Gasteiger partial charge < -0.3 is 14.8 Å². The predicted molar refractivity (Wildman–Crippen MR) is 86.6 cm³/mol. The molecule has 0 saturated heterocycles. The van der Waals surface area contributed by atoms with Crippen LogP contribution in [0.1, 0.15) is 34.5 Å². The smallest absolute Gasteiger partial charge is 0.251 e. The molecule has 0 saturated carbocycles. The standard InChI is InChI=1S/C18H21NO3/c1-12-6-5-7-14(10-12)18(20)19-13(2)16-11-15(21-3)8-9-17(16)22-4/h5-11,13H,1-4H3,(H,19,20)/t13-/m1/s1. The molecule has 22 heavy (non-hydrogen) atoms. The van der Waals surface area contributed by atoms with Crippen molar-refractivity contribution in [3.63, 3.8) is 0 Å². The molecular formula is C18H21NO3. The van der Waals surface area contributed by atoms with Crippen molar-refractivity contribution in [3.05, 3.63) is 59.2 Å². The second kappa shape index (κ2) is 6.98. The van der Waals surface area contributed by atoms with E-state index in [1.807, 2.05) is 50.2 Å². The van der Waals surface area contributed by atoms with Crippen LogP contribution in [0.5, 0.6) is 11.5 Å². The molecule has 0 heterocycles. The Labute approximate surface area is 131 Å². The summed E-state index contributed by atoms with van der Waals surface area (Å²) >= 11 is 0. The number of rotatable bonds is 5. The average molecular weight is 299 g/mol. The van der Waals surface area contributed by atoms with E-state index in [1.165, 1.54) is 0 Å². The van der Waals surface area contributed by atoms with Crippen molar-refractivity contribution in [2.24, 2.45) is 0 Å². The van der Waals surface area contributed by atoms with Crippen LogP contribution in [0.3, 0.4) is 0 Å². The number of aryl methyl sites for hydroxylation is 1. The van der Waals surface area contributed by atoms with Crippen molar-refractivity contribution in [1.82, 2.24) is 5.32 Å². The van der Waals surface area contributed by atoms with Crippen LogP contribution in [0, 0.1) is 6.92 Å². The number of ether oxygens (including phenoxy) is 2. The molecule has 0 unspecified atom stereocenters. The van der Waals surface area contributed by atoms with Crippen LogP contribution in [0.15, 0.2) is 42.5 Å². The van der Waals surface area contributed by atoms with Gasteiger partial charge in [0, 0.05) is 11.1 Å². The van der Waals surface area contributed by atoms with E-state index in [2.05, 4.69) is 5.32 Å². The van der Waals surface area contributed by atoms with Gasteiger partial charge in [0.25, 0.3) is 5.91 Å². The molecule has 0 spiro atoms. The molecule has 1 atom stereocenters. The molecule has 1 N–H and O–H groups in total. The molecule has 116 valence electrons. The zero-order chi connectivity index (χ0) is 16.1. The maximum atomic E-state index is 12.4. The van der Waals surface area contributed by atoms with Crippen molar-refractivity contribution in [2.45, 2.75) is 19.9 Å². The summed E-state index contributed by atoms with van der Waals surface area (Å²) in [5, 5.41) is 2.99. The van der Waals surface area contributed by atoms with Crippen LogP contribution < -0.4 is 14.8 Å². The lowest BCUT2D eigenvalue weighted by Crippen LogP contribution is -2.27. The fraction of sp³-hybridized carbons (Fsp3) is 0.278. The highest BCUT2D eigenvalue weighted by atomic mass is 16.5. The second-order valence-corrected chi connectivity index (χ2v) is 5.17. The number of methoxy groups -OCH3 is 2. The van der Waals surface area contributed by atoms with Crippen LogP contribution in [-0.4, -0.2) is 20.1 Å². The Hall–Kier alpha value is -2.49. The SMILES string of the molecule is COc1ccc(OC)c([C@@H](C)NC(=O)c2cccc(C)c2)c1. The molecule has 2 aromatic carbocycles. The first-order chi connectivity index (χ1) is 10.5. The molecule has 4 heteroatoms. The Morgan fingerprint density at radius 2 is 1.86 bits per heavy atom. The average Bonchev–Trinajstić information content (AvgIpc) is 2.54. The van der Waals surface area contributed by atoms with Crippen LogP contribution >= 0.6 is 0 Å². The number of benzene rings is 2. The zero-order valence-corrected chi connectivity index (χ0v) is 13.3. The van der Waals surface area contributed by atoms with E-state index >= 15 is 0 Å². The third-order valence-electron chi connectivity index (χ3n) is 3.53. The third-order valence-corrected chi connectivity index (χ3v) is 3.53. The van der Waals surface area contributed by atoms with E-state index in [4.69, 9.17) is 9.47 Å². The van der Waals surface area contributed by atoms with E-state index in [9.17, 15) is 4.79 Å². The summed E-state index contributed by atoms with van der Waals surface area (Å²) in [4.78, 5) is 12.4. The number of hydrogen-bond acceptors (Lipinski definition) is 3. The maximum absolute atomic E-state index is 12.4. The second-order valence-electron chi connectivity index (χ2n) is 5.17. The van der Waals surface area contributed by atoms with E-state index in [-0.39, 0.29) is 11.9 Å². The molecule has 0 aliphatic carbocycles. The quantitative estimate of drug-likeness (QED) is 0.919. The van der Waals surface area contributed by atoms with Gasteiger partial charge in [-0.3, -0.25) is 4.79 Å². The molecule has 0 aliphatic heterocycles. The molecule has 1 amide bonds. The van der Waals surface area contributed by atoms with E-state index in [1.54, 1.807) is 20.3 Å². The summed E-state index contributed by atoms with van der Waals surface area (Å²) < 4.78 is 10.6. The topological polar surface area (TPSA) is 47.6 Å². The van der Waals surface area contributed by atoms with Gasteiger partial charge in [0.15, 0.2) is 0 Å². The van der Waals surface area contributed by atoms with Gasteiger partial charge in [-0.05, 0) is 44.2 Å². The number of hydrogen-bond donors (Lipinski definition) is 1. The summed E-state index contributed by atoms with van der Waals surface area (Å²) in [6.07, 6.45) is 0. The van der Waals surface area contributed by atoms with Crippen molar-refractivity contribution >= 4 is 5.91 Å². The largest absolute Gasteiger partial charge is 0.497 e. The Balaban J connectivity index is 2.21. The Bertz CT molecular complexity index is 667. The fourth-order valence-corrected chi connectivity index (χ4v) is 2.32. The lowest BCUT2D eigenvalue weighted by molar-refractivity contribution is 0.0939. The molecule has 0 bridgehead atoms. The minimum Gasteiger partial charge on any atom is -0.497 e. The minimum absolute atomic E-state index is 0.110. The summed E-state index contributed by atoms with van der Waals surface area (Å²) in [5.74, 6) is 1.34. The highest BCUT2D eigenvalue weighted by Crippen LogP contribution is 2.29. The summed E-state index contributed by atoms with van der Waals surface area (Å²) in [5.41, 5.74) is 2.58. The number of carbonyl (C=O) groups is 1. The first-order valence-corrected chi connectivity index (χ1v) is 7.14. The van der Waals surface area contributed by atoms with Crippen molar-refractivity contribution < 1.29 is 14.3 Å². The highest BCUT2D eigenvalue weighted by Gasteiger charge is 2.16. The van der Waals surface area contributed by atoms with Gasteiger partial charge in [0.05, 0.1) is 20.3 Å². The normalized spacial score (nSPS) is 11.6. The number of nitrogens with one attached hydrogen (secondary N) is 1. The van der Waals surface area contributed by atoms with Crippen molar-refractivity contribution in [1.29, 1.82) is 0 Å². The third kappa shape index (κ3) is 3.58. The van der Waals surface area contributed by atoms with Crippen LogP contribution in [0.2, 0.25) is 0 Å². The first-order valence-electron chi connectivity index (χ1n) is 7.14. The highest BCUT2D eigenvalue weighted by molar-refractivity contribution is 5.94. The van der Waals surface area contributed by atoms with Crippen molar-refractivity contribution in [2.75, 3.05) is 14.2 Å². The Morgan fingerprint density at radius 1 is 1.09 bits per heavy atom. The van der Waals surface area contributed by atoms with Gasteiger partial charge in [-0.15, -0.1) is 0 Å². The summed E-state index contributed by atoms with van der Waals surface area (Å²) in [7, 11) is 3.22. The minimum atomic E-state index is -0.196.